The number of aryl methyl sites for hydroxylation is 1. The van der Waals surface area contributed by atoms with Gasteiger partial charge in [0.05, 0.1) is 5.75 Å². The van der Waals surface area contributed by atoms with Crippen molar-refractivity contribution in [1.29, 1.82) is 0 Å². The van der Waals surface area contributed by atoms with Crippen molar-refractivity contribution in [2.45, 2.75) is 38.6 Å². The van der Waals surface area contributed by atoms with Gasteiger partial charge in [-0.15, -0.1) is 10.2 Å². The molecule has 0 spiro atoms. The zero-order chi connectivity index (χ0) is 16.1. The molecule has 1 atom stereocenters. The average molecular weight is 320 g/mol. The van der Waals surface area contributed by atoms with E-state index in [1.165, 1.54) is 11.8 Å². The number of amides is 1. The van der Waals surface area contributed by atoms with Gasteiger partial charge in [0.1, 0.15) is 5.75 Å². The highest BCUT2D eigenvalue weighted by atomic mass is 32.2. The second-order valence-corrected chi connectivity index (χ2v) is 5.86. The van der Waals surface area contributed by atoms with Gasteiger partial charge >= 0.3 is 0 Å². The minimum Gasteiger partial charge on any atom is -0.483 e. The lowest BCUT2D eigenvalue weighted by molar-refractivity contribution is -0.115. The number of carbonyl (C=O) groups excluding carboxylic acids is 1. The predicted octanol–water partition coefficient (Wildman–Crippen LogP) is 2.32. The molecule has 0 aliphatic rings. The monoisotopic (exact) mass is 320 g/mol. The molecule has 0 fully saturated rings. The Kier molecular flexibility index (Phi) is 5.43. The molecule has 1 aromatic heterocycles. The number of primary amides is 1. The van der Waals surface area contributed by atoms with Crippen LogP contribution >= 0.6 is 11.8 Å². The minimum absolute atomic E-state index is 0.186. The second-order valence-electron chi connectivity index (χ2n) is 4.92. The van der Waals surface area contributed by atoms with Crippen LogP contribution in [0.15, 0.2) is 29.4 Å². The van der Waals surface area contributed by atoms with Gasteiger partial charge in [-0.2, -0.15) is 0 Å². The van der Waals surface area contributed by atoms with Gasteiger partial charge in [0.2, 0.25) is 5.91 Å². The zero-order valence-electron chi connectivity index (χ0n) is 12.9. The topological polar surface area (TPSA) is 83.0 Å². The lowest BCUT2D eigenvalue weighted by atomic mass is 10.2. The van der Waals surface area contributed by atoms with Crippen LogP contribution in [0.5, 0.6) is 5.75 Å². The molecule has 0 saturated carbocycles. The van der Waals surface area contributed by atoms with E-state index in [-0.39, 0.29) is 17.8 Å². The number of thioether (sulfide) groups is 1. The Morgan fingerprint density at radius 1 is 1.45 bits per heavy atom. The number of nitrogens with two attached hydrogens (primary N) is 1. The first-order valence-corrected chi connectivity index (χ1v) is 8.07. The minimum atomic E-state index is -0.374. The molecule has 0 bridgehead atoms. The molecule has 7 heteroatoms. The normalized spacial score (nSPS) is 12.1. The van der Waals surface area contributed by atoms with E-state index in [1.807, 2.05) is 49.6 Å². The van der Waals surface area contributed by atoms with Gasteiger partial charge in [0.25, 0.3) is 0 Å². The first-order valence-electron chi connectivity index (χ1n) is 7.08. The number of nitrogens with zero attached hydrogens (tertiary/aromatic N) is 3. The summed E-state index contributed by atoms with van der Waals surface area (Å²) in [6, 6.07) is 7.87. The van der Waals surface area contributed by atoms with Crippen molar-refractivity contribution in [3.63, 3.8) is 0 Å². The summed E-state index contributed by atoms with van der Waals surface area (Å²) in [6.45, 7) is 6.65. The van der Waals surface area contributed by atoms with Crippen LogP contribution in [0.3, 0.4) is 0 Å². The summed E-state index contributed by atoms with van der Waals surface area (Å²) in [5.74, 6) is 1.34. The number of ether oxygens (including phenoxy) is 1. The molecule has 2 aromatic rings. The zero-order valence-corrected chi connectivity index (χ0v) is 13.8. The Labute approximate surface area is 134 Å². The molecule has 1 amide bonds. The number of hydrogen-bond donors (Lipinski definition) is 1. The van der Waals surface area contributed by atoms with Gasteiger partial charge in [-0.3, -0.25) is 4.79 Å². The molecule has 22 heavy (non-hydrogen) atoms. The summed E-state index contributed by atoms with van der Waals surface area (Å²) in [6.07, 6.45) is -0.239. The number of aromatic nitrogens is 3. The molecule has 1 heterocycles. The van der Waals surface area contributed by atoms with Crippen molar-refractivity contribution >= 4 is 17.7 Å². The van der Waals surface area contributed by atoms with Gasteiger partial charge < -0.3 is 15.0 Å². The number of rotatable bonds is 7. The standard InChI is InChI=1S/C15H20N4O2S/c1-4-19-14(17-18-15(19)22-9-13(16)20)11(3)21-12-7-5-6-10(2)8-12/h5-8,11H,4,9H2,1-3H3,(H2,16,20). The van der Waals surface area contributed by atoms with Crippen LogP contribution in [0.4, 0.5) is 0 Å². The third-order valence-electron chi connectivity index (χ3n) is 3.07. The maximum atomic E-state index is 10.9. The molecule has 0 aliphatic carbocycles. The fourth-order valence-corrected chi connectivity index (χ4v) is 2.83. The Morgan fingerprint density at radius 2 is 2.23 bits per heavy atom. The van der Waals surface area contributed by atoms with Crippen molar-refractivity contribution in [2.75, 3.05) is 5.75 Å². The smallest absolute Gasteiger partial charge is 0.227 e. The molecule has 2 rings (SSSR count). The number of benzene rings is 1. The van der Waals surface area contributed by atoms with Crippen molar-refractivity contribution < 1.29 is 9.53 Å². The van der Waals surface area contributed by atoms with Crippen LogP contribution < -0.4 is 10.5 Å². The molecule has 118 valence electrons. The largest absolute Gasteiger partial charge is 0.483 e. The van der Waals surface area contributed by atoms with Gasteiger partial charge in [0, 0.05) is 6.54 Å². The third kappa shape index (κ3) is 4.00. The van der Waals surface area contributed by atoms with E-state index in [2.05, 4.69) is 10.2 Å². The lowest BCUT2D eigenvalue weighted by Gasteiger charge is -2.15. The molecular weight excluding hydrogens is 300 g/mol. The highest BCUT2D eigenvalue weighted by molar-refractivity contribution is 7.99. The fourth-order valence-electron chi connectivity index (χ4n) is 2.09. The molecule has 1 aromatic carbocycles. The van der Waals surface area contributed by atoms with E-state index in [0.29, 0.717) is 11.7 Å². The lowest BCUT2D eigenvalue weighted by Crippen LogP contribution is -2.15. The summed E-state index contributed by atoms with van der Waals surface area (Å²) in [5, 5.41) is 9.00. The first-order chi connectivity index (χ1) is 10.5. The van der Waals surface area contributed by atoms with E-state index in [1.54, 1.807) is 0 Å². The van der Waals surface area contributed by atoms with Crippen LogP contribution in [0.1, 0.15) is 31.3 Å². The molecule has 0 aliphatic heterocycles. The fraction of sp³-hybridized carbons (Fsp3) is 0.400. The maximum absolute atomic E-state index is 10.9. The van der Waals surface area contributed by atoms with Gasteiger partial charge in [-0.05, 0) is 38.5 Å². The van der Waals surface area contributed by atoms with E-state index in [9.17, 15) is 4.79 Å². The maximum Gasteiger partial charge on any atom is 0.227 e. The molecule has 0 saturated heterocycles. The van der Waals surface area contributed by atoms with Crippen LogP contribution in [-0.2, 0) is 11.3 Å². The van der Waals surface area contributed by atoms with E-state index >= 15 is 0 Å². The van der Waals surface area contributed by atoms with Crippen LogP contribution in [0, 0.1) is 6.92 Å². The predicted molar refractivity (Wildman–Crippen MR) is 85.8 cm³/mol. The van der Waals surface area contributed by atoms with Crippen molar-refractivity contribution in [3.8, 4) is 5.75 Å². The number of hydrogen-bond acceptors (Lipinski definition) is 5. The van der Waals surface area contributed by atoms with Gasteiger partial charge in [-0.25, -0.2) is 0 Å². The van der Waals surface area contributed by atoms with Crippen LogP contribution in [-0.4, -0.2) is 26.4 Å². The third-order valence-corrected chi connectivity index (χ3v) is 4.06. The van der Waals surface area contributed by atoms with Crippen molar-refractivity contribution in [3.05, 3.63) is 35.7 Å². The van der Waals surface area contributed by atoms with E-state index in [4.69, 9.17) is 10.5 Å². The van der Waals surface area contributed by atoms with Crippen molar-refractivity contribution in [1.82, 2.24) is 14.8 Å². The SMILES string of the molecule is CCn1c(SCC(N)=O)nnc1C(C)Oc1cccc(C)c1. The summed E-state index contributed by atoms with van der Waals surface area (Å²) in [4.78, 5) is 10.9. The average Bonchev–Trinajstić information content (AvgIpc) is 2.88. The first kappa shape index (κ1) is 16.4. The van der Waals surface area contributed by atoms with Crippen LogP contribution in [0.2, 0.25) is 0 Å². The van der Waals surface area contributed by atoms with Gasteiger partial charge in [-0.1, -0.05) is 23.9 Å². The highest BCUT2D eigenvalue weighted by Crippen LogP contribution is 2.24. The highest BCUT2D eigenvalue weighted by Gasteiger charge is 2.19. The summed E-state index contributed by atoms with van der Waals surface area (Å²) < 4.78 is 7.88. The quantitative estimate of drug-likeness (QED) is 0.792. The molecule has 1 unspecified atom stereocenters. The Bertz CT molecular complexity index is 657. The van der Waals surface area contributed by atoms with Crippen molar-refractivity contribution in [2.24, 2.45) is 5.73 Å². The molecule has 6 nitrogen and oxygen atoms in total. The second kappa shape index (κ2) is 7.31. The Hall–Kier alpha value is -2.02. The van der Waals surface area contributed by atoms with Gasteiger partial charge in [0.15, 0.2) is 17.1 Å². The molecule has 2 N–H and O–H groups in total. The summed E-state index contributed by atoms with van der Waals surface area (Å²) in [7, 11) is 0. The number of carbonyl (C=O) groups is 1. The molecular formula is C15H20N4O2S. The summed E-state index contributed by atoms with van der Waals surface area (Å²) in [5.41, 5.74) is 6.31. The molecule has 0 radical (unpaired) electrons. The van der Waals surface area contributed by atoms with E-state index in [0.717, 1.165) is 17.1 Å². The Morgan fingerprint density at radius 3 is 2.86 bits per heavy atom. The van der Waals surface area contributed by atoms with E-state index < -0.39 is 0 Å². The van der Waals surface area contributed by atoms with Crippen LogP contribution in [0.25, 0.3) is 0 Å². The summed E-state index contributed by atoms with van der Waals surface area (Å²) >= 11 is 1.29. The Balaban J connectivity index is 2.15.